The van der Waals surface area contributed by atoms with Crippen LogP contribution in [0.2, 0.25) is 1.41 Å². The summed E-state index contributed by atoms with van der Waals surface area (Å²) in [5, 5.41) is 4.68. The molecule has 1 heterocycles. The number of alkyl carbamates (subject to hydrolysis) is 1. The molecule has 0 saturated heterocycles. The van der Waals surface area contributed by atoms with E-state index in [2.05, 4.69) is 10.6 Å². The van der Waals surface area contributed by atoms with Crippen LogP contribution in [-0.2, 0) is 32.1 Å². The number of H-pyrrole nitrogens is 1. The number of aromatic amines is 1. The Balaban J connectivity index is 1.87. The lowest BCUT2D eigenvalue weighted by atomic mass is 10.1. The van der Waals surface area contributed by atoms with Crippen LogP contribution in [0, 0.1) is 5.82 Å². The number of amides is 2. The van der Waals surface area contributed by atoms with Crippen molar-refractivity contribution >= 4 is 18.0 Å². The average molecular weight is 514 g/mol. The Hall–Kier alpha value is -4.74. The third-order valence-electron chi connectivity index (χ3n) is 5.05. The van der Waals surface area contributed by atoms with Gasteiger partial charge in [-0.2, -0.15) is 4.39 Å². The topological polar surface area (TPSA) is 149 Å². The Labute approximate surface area is 211 Å². The fourth-order valence-corrected chi connectivity index (χ4v) is 3.28. The molecule has 2 atom stereocenters. The third kappa shape index (κ3) is 7.62. The molecule has 194 valence electrons. The average Bonchev–Trinajstić information content (AvgIpc) is 2.92. The molecule has 0 fully saturated rings. The molecule has 0 aliphatic rings. The largest absolute Gasteiger partial charge is 0.463 e. The number of hydrogen-bond donors (Lipinski definition) is 3. The van der Waals surface area contributed by atoms with Gasteiger partial charge in [-0.25, -0.2) is 14.4 Å². The molecular weight excluding hydrogens is 487 g/mol. The number of nitrogens with zero attached hydrogens (tertiary/aromatic N) is 1. The van der Waals surface area contributed by atoms with Crippen molar-refractivity contribution in [1.82, 2.24) is 20.2 Å². The van der Waals surface area contributed by atoms with Crippen LogP contribution in [0.1, 0.15) is 24.2 Å². The number of esters is 1. The summed E-state index contributed by atoms with van der Waals surface area (Å²) >= 11 is 0. The highest BCUT2D eigenvalue weighted by atomic mass is 19.1. The van der Waals surface area contributed by atoms with E-state index < -0.39 is 47.2 Å². The number of hydrogen-bond acceptors (Lipinski definition) is 7. The Kier molecular flexibility index (Phi) is 8.78. The maximum absolute atomic E-state index is 14.1. The second-order valence-electron chi connectivity index (χ2n) is 7.70. The highest BCUT2D eigenvalue weighted by Crippen LogP contribution is 2.09. The maximum atomic E-state index is 14.1. The summed E-state index contributed by atoms with van der Waals surface area (Å²) in [5.41, 5.74) is -1.58. The van der Waals surface area contributed by atoms with Gasteiger partial charge in [0.15, 0.2) is 1.41 Å². The summed E-state index contributed by atoms with van der Waals surface area (Å²) in [6, 6.07) is 16.1. The van der Waals surface area contributed by atoms with E-state index in [-0.39, 0.29) is 24.6 Å². The normalized spacial score (nSPS) is 12.5. The molecule has 0 spiro atoms. The first-order valence-corrected chi connectivity index (χ1v) is 11.2. The highest BCUT2D eigenvalue weighted by Gasteiger charge is 2.30. The summed E-state index contributed by atoms with van der Waals surface area (Å²) in [5.74, 6) is -3.61. The van der Waals surface area contributed by atoms with Gasteiger partial charge in [0.1, 0.15) is 12.6 Å². The first-order valence-electron chi connectivity index (χ1n) is 11.7. The van der Waals surface area contributed by atoms with E-state index in [1.807, 2.05) is 0 Å². The van der Waals surface area contributed by atoms with E-state index in [0.717, 1.165) is 0 Å². The second kappa shape index (κ2) is 12.8. The predicted molar refractivity (Wildman–Crippen MR) is 129 cm³/mol. The molecule has 1 unspecified atom stereocenters. The number of rotatable bonds is 10. The van der Waals surface area contributed by atoms with Crippen molar-refractivity contribution in [2.75, 3.05) is 6.61 Å². The van der Waals surface area contributed by atoms with Crippen molar-refractivity contribution in [3.8, 4) is 0 Å². The Morgan fingerprint density at radius 2 is 1.62 bits per heavy atom. The number of halogens is 1. The Morgan fingerprint density at radius 3 is 2.24 bits per heavy atom. The van der Waals surface area contributed by atoms with Gasteiger partial charge in [-0.1, -0.05) is 60.7 Å². The molecule has 0 saturated carbocycles. The quantitative estimate of drug-likeness (QED) is 0.347. The van der Waals surface area contributed by atoms with Crippen LogP contribution in [0.25, 0.3) is 0 Å². The highest BCUT2D eigenvalue weighted by molar-refractivity contribution is 5.89. The van der Waals surface area contributed by atoms with Crippen molar-refractivity contribution in [2.45, 2.75) is 32.2 Å². The third-order valence-corrected chi connectivity index (χ3v) is 5.05. The zero-order valence-corrected chi connectivity index (χ0v) is 19.8. The second-order valence-corrected chi connectivity index (χ2v) is 7.70. The molecule has 3 aromatic rings. The monoisotopic (exact) mass is 513 g/mol. The van der Waals surface area contributed by atoms with Crippen LogP contribution in [0.3, 0.4) is 0 Å². The molecule has 0 aliphatic heterocycles. The van der Waals surface area contributed by atoms with Gasteiger partial charge in [0.2, 0.25) is 17.9 Å². The molecule has 2 amide bonds. The van der Waals surface area contributed by atoms with Crippen molar-refractivity contribution in [3.63, 3.8) is 0 Å². The van der Waals surface area contributed by atoms with Crippen LogP contribution in [0.4, 0.5) is 9.18 Å². The molecule has 0 bridgehead atoms. The minimum absolute atomic E-state index is 0.0378. The van der Waals surface area contributed by atoms with Crippen LogP contribution in [-0.4, -0.2) is 40.2 Å². The van der Waals surface area contributed by atoms with Gasteiger partial charge >= 0.3 is 17.8 Å². The minimum atomic E-state index is -1.94. The van der Waals surface area contributed by atoms with E-state index in [1.165, 1.54) is 6.92 Å². The molecule has 3 rings (SSSR count). The maximum Gasteiger partial charge on any atom is 0.408 e. The number of nitrogens with one attached hydrogen (secondary N) is 3. The van der Waals surface area contributed by atoms with Crippen LogP contribution in [0.5, 0.6) is 0 Å². The van der Waals surface area contributed by atoms with Gasteiger partial charge in [0, 0.05) is 6.42 Å². The molecule has 3 N–H and O–H groups in total. The van der Waals surface area contributed by atoms with Crippen molar-refractivity contribution in [1.29, 1.82) is 0 Å². The standard InChI is InChI=1S/C25H25FN4O7/c1-2-36-23(33)20(30-14-18(26)21(31)29-24(30)34)28-22(32)19(13-16-9-5-3-6-10-16)27-25(35)37-15-17-11-7-4-8-12-17/h3-12,14,19-20H,2,13,15H2,1H3,(H,27,35)(H,28,32)(H,29,31,34)/t19-,20?/m0/s1/i/hD. The molecular formula is C25H25FN4O7. The number of carbonyl (C=O) groups is 3. The molecule has 12 heteroatoms. The number of carbonyl (C=O) groups excluding carboxylic acids is 3. The van der Waals surface area contributed by atoms with E-state index in [0.29, 0.717) is 21.9 Å². The van der Waals surface area contributed by atoms with Crippen LogP contribution in [0.15, 0.2) is 76.4 Å². The van der Waals surface area contributed by atoms with Gasteiger partial charge in [0.05, 0.1) is 12.8 Å². The lowest BCUT2D eigenvalue weighted by Crippen LogP contribution is -2.53. The van der Waals surface area contributed by atoms with E-state index >= 15 is 0 Å². The fourth-order valence-electron chi connectivity index (χ4n) is 3.28. The molecule has 0 radical (unpaired) electrons. The first kappa shape index (κ1) is 25.4. The van der Waals surface area contributed by atoms with E-state index in [9.17, 15) is 28.4 Å². The lowest BCUT2D eigenvalue weighted by Gasteiger charge is -2.23. The van der Waals surface area contributed by atoms with Crippen molar-refractivity contribution in [2.24, 2.45) is 0 Å². The van der Waals surface area contributed by atoms with Gasteiger partial charge < -0.3 is 20.1 Å². The lowest BCUT2D eigenvalue weighted by molar-refractivity contribution is -0.150. The van der Waals surface area contributed by atoms with Crippen molar-refractivity contribution in [3.05, 3.63) is 105 Å². The summed E-state index contributed by atoms with van der Waals surface area (Å²) < 4.78 is 32.0. The van der Waals surface area contributed by atoms with Gasteiger partial charge in [0.25, 0.3) is 5.56 Å². The number of benzene rings is 2. The summed E-state index contributed by atoms with van der Waals surface area (Å²) in [6.45, 7) is 1.24. The number of ether oxygens (including phenoxy) is 2. The summed E-state index contributed by atoms with van der Waals surface area (Å²) in [6.07, 6.45) is -2.52. The first-order chi connectivity index (χ1) is 18.2. The molecule has 2 aromatic carbocycles. The fraction of sp³-hybridized carbons (Fsp3) is 0.240. The smallest absolute Gasteiger partial charge is 0.408 e. The SMILES string of the molecule is [2H]n1c(=O)c(F)cn(C(NC(=O)[C@H](Cc2ccccc2)NC(=O)OCc2ccccc2)C(=O)OCC)c1=O. The molecule has 0 aliphatic carbocycles. The zero-order valence-electron chi connectivity index (χ0n) is 20.8. The van der Waals surface area contributed by atoms with Gasteiger partial charge in [-0.05, 0) is 18.1 Å². The summed E-state index contributed by atoms with van der Waals surface area (Å²) in [7, 11) is 0. The molecule has 1 aromatic heterocycles. The number of aromatic nitrogens is 2. The minimum Gasteiger partial charge on any atom is -0.463 e. The van der Waals surface area contributed by atoms with Crippen molar-refractivity contribution < 1.29 is 29.7 Å². The van der Waals surface area contributed by atoms with Gasteiger partial charge in [-0.3, -0.25) is 19.1 Å². The Morgan fingerprint density at radius 1 is 1.00 bits per heavy atom. The van der Waals surface area contributed by atoms with E-state index in [1.54, 1.807) is 60.7 Å². The molecule has 37 heavy (non-hydrogen) atoms. The zero-order chi connectivity index (χ0) is 27.7. The Bertz CT molecular complexity index is 1400. The predicted octanol–water partition coefficient (Wildman–Crippen LogP) is 1.39. The van der Waals surface area contributed by atoms with Crippen LogP contribution < -0.4 is 21.9 Å². The van der Waals surface area contributed by atoms with E-state index in [4.69, 9.17) is 10.9 Å². The van der Waals surface area contributed by atoms with Crippen LogP contribution >= 0.6 is 0 Å². The summed E-state index contributed by atoms with van der Waals surface area (Å²) in [4.78, 5) is 62.2. The van der Waals surface area contributed by atoms with Gasteiger partial charge in [-0.15, -0.1) is 0 Å². The molecule has 11 nitrogen and oxygen atoms in total.